The first kappa shape index (κ1) is 24.1. The van der Waals surface area contributed by atoms with E-state index in [2.05, 4.69) is 17.2 Å². The third kappa shape index (κ3) is 6.47. The van der Waals surface area contributed by atoms with Gasteiger partial charge in [-0.15, -0.1) is 0 Å². The van der Waals surface area contributed by atoms with Gasteiger partial charge in [-0.25, -0.2) is 14.4 Å². The van der Waals surface area contributed by atoms with Crippen molar-refractivity contribution < 1.29 is 28.6 Å². The molecule has 0 aliphatic heterocycles. The van der Waals surface area contributed by atoms with Gasteiger partial charge in [-0.3, -0.25) is 0 Å². The number of hydrogen-bond donors (Lipinski definition) is 1. The number of carbonyl (C=O) groups is 3. The molecule has 0 bridgehead atoms. The van der Waals surface area contributed by atoms with Crippen LogP contribution in [0, 0.1) is 11.8 Å². The summed E-state index contributed by atoms with van der Waals surface area (Å²) < 4.78 is 14.7. The molecular formula is C27H23NO6. The monoisotopic (exact) mass is 457 g/mol. The van der Waals surface area contributed by atoms with Crippen molar-refractivity contribution >= 4 is 18.0 Å². The molecule has 0 fully saturated rings. The van der Waals surface area contributed by atoms with Gasteiger partial charge in [0, 0.05) is 5.56 Å². The molecule has 34 heavy (non-hydrogen) atoms. The van der Waals surface area contributed by atoms with E-state index in [9.17, 15) is 14.4 Å². The maximum absolute atomic E-state index is 12.0. The molecule has 0 atom stereocenters. The lowest BCUT2D eigenvalue weighted by atomic mass is 9.97. The highest BCUT2D eigenvalue weighted by Crippen LogP contribution is 2.25. The molecule has 3 aromatic rings. The summed E-state index contributed by atoms with van der Waals surface area (Å²) in [5.41, 5.74) is 3.76. The molecule has 0 heterocycles. The second kappa shape index (κ2) is 11.9. The number of ether oxygens (including phenoxy) is 3. The number of carbonyl (C=O) groups excluding carboxylic acids is 3. The number of alkyl carbamates (subject to hydrolysis) is 1. The summed E-state index contributed by atoms with van der Waals surface area (Å²) in [5.74, 6) is 4.94. The lowest BCUT2D eigenvalue weighted by Gasteiger charge is -2.08. The van der Waals surface area contributed by atoms with Crippen molar-refractivity contribution in [3.63, 3.8) is 0 Å². The highest BCUT2D eigenvalue weighted by molar-refractivity contribution is 5.92. The number of nitrogens with one attached hydrogen (secondary N) is 1. The highest BCUT2D eigenvalue weighted by atomic mass is 16.5. The van der Waals surface area contributed by atoms with Crippen LogP contribution in [0.4, 0.5) is 4.79 Å². The number of benzene rings is 3. The first-order chi connectivity index (χ1) is 16.5. The van der Waals surface area contributed by atoms with E-state index < -0.39 is 18.0 Å². The van der Waals surface area contributed by atoms with E-state index in [1.165, 1.54) is 14.2 Å². The van der Waals surface area contributed by atoms with Gasteiger partial charge in [0.1, 0.15) is 6.61 Å². The van der Waals surface area contributed by atoms with Gasteiger partial charge in [-0.2, -0.15) is 0 Å². The van der Waals surface area contributed by atoms with E-state index in [4.69, 9.17) is 14.2 Å². The second-order valence-corrected chi connectivity index (χ2v) is 7.04. The standard InChI is InChI=1S/C27H23NO6/c1-32-25(29)21-12-10-20(11-13-21)24-15-14-23(26(30)33-2)17-22(24)9-6-16-28-27(31)34-18-19-7-4-3-5-8-19/h3-5,7-8,10-15,17H,16,18H2,1-2H3,(H,28,31). The predicted octanol–water partition coefficient (Wildman–Crippen LogP) is 4.20. The Hall–Kier alpha value is -4.57. The molecule has 0 aliphatic rings. The summed E-state index contributed by atoms with van der Waals surface area (Å²) in [7, 11) is 2.62. The molecule has 7 heteroatoms. The zero-order chi connectivity index (χ0) is 24.3. The van der Waals surface area contributed by atoms with Gasteiger partial charge in [-0.05, 0) is 41.0 Å². The van der Waals surface area contributed by atoms with Gasteiger partial charge in [0.25, 0.3) is 0 Å². The van der Waals surface area contributed by atoms with Crippen LogP contribution >= 0.6 is 0 Å². The Balaban J connectivity index is 1.74. The Labute approximate surface area is 197 Å². The number of amides is 1. The second-order valence-electron chi connectivity index (χ2n) is 7.04. The average molecular weight is 457 g/mol. The first-order valence-electron chi connectivity index (χ1n) is 10.4. The molecule has 7 nitrogen and oxygen atoms in total. The van der Waals surface area contributed by atoms with Crippen LogP contribution in [0.1, 0.15) is 31.8 Å². The van der Waals surface area contributed by atoms with Crippen LogP contribution in [0.25, 0.3) is 11.1 Å². The Morgan fingerprint density at radius 3 is 2.15 bits per heavy atom. The van der Waals surface area contributed by atoms with Gasteiger partial charge in [-0.1, -0.05) is 60.4 Å². The molecule has 1 amide bonds. The Kier molecular flexibility index (Phi) is 8.42. The minimum Gasteiger partial charge on any atom is -0.465 e. The predicted molar refractivity (Wildman–Crippen MR) is 126 cm³/mol. The summed E-state index contributed by atoms with van der Waals surface area (Å²) >= 11 is 0. The third-order valence-corrected chi connectivity index (χ3v) is 4.81. The molecule has 0 aliphatic carbocycles. The summed E-state index contributed by atoms with van der Waals surface area (Å²) in [6.07, 6.45) is -0.583. The van der Waals surface area contributed by atoms with Crippen LogP contribution < -0.4 is 5.32 Å². The number of rotatable bonds is 6. The van der Waals surface area contributed by atoms with E-state index in [-0.39, 0.29) is 13.2 Å². The summed E-state index contributed by atoms with van der Waals surface area (Å²) in [6, 6.07) is 21.2. The zero-order valence-corrected chi connectivity index (χ0v) is 18.8. The molecule has 0 aromatic heterocycles. The van der Waals surface area contributed by atoms with Crippen molar-refractivity contribution in [2.45, 2.75) is 6.61 Å². The maximum Gasteiger partial charge on any atom is 0.408 e. The number of hydrogen-bond acceptors (Lipinski definition) is 6. The van der Waals surface area contributed by atoms with Crippen LogP contribution in [0.3, 0.4) is 0 Å². The molecule has 0 radical (unpaired) electrons. The highest BCUT2D eigenvalue weighted by Gasteiger charge is 2.12. The number of esters is 2. The molecule has 172 valence electrons. The Bertz CT molecular complexity index is 1220. The first-order valence-corrected chi connectivity index (χ1v) is 10.4. The smallest absolute Gasteiger partial charge is 0.408 e. The topological polar surface area (TPSA) is 90.9 Å². The van der Waals surface area contributed by atoms with Gasteiger partial charge >= 0.3 is 18.0 Å². The normalized spacial score (nSPS) is 9.82. The molecule has 1 N–H and O–H groups in total. The van der Waals surface area contributed by atoms with Crippen molar-refractivity contribution in [1.82, 2.24) is 5.32 Å². The van der Waals surface area contributed by atoms with Crippen LogP contribution in [0.15, 0.2) is 72.8 Å². The molecule has 3 rings (SSSR count). The van der Waals surface area contributed by atoms with Gasteiger partial charge in [0.05, 0.1) is 31.9 Å². The molecule has 3 aromatic carbocycles. The number of methoxy groups -OCH3 is 2. The van der Waals surface area contributed by atoms with Gasteiger partial charge in [0.15, 0.2) is 0 Å². The minimum atomic E-state index is -0.583. The lowest BCUT2D eigenvalue weighted by Crippen LogP contribution is -2.24. The summed E-state index contributed by atoms with van der Waals surface area (Å²) in [5, 5.41) is 2.58. The SMILES string of the molecule is COC(=O)c1ccc(-c2ccc(C(=O)OC)cc2C#CCNC(=O)OCc2ccccc2)cc1. The van der Waals surface area contributed by atoms with E-state index in [0.29, 0.717) is 16.7 Å². The minimum absolute atomic E-state index is 0.0524. The molecule has 0 saturated carbocycles. The van der Waals surface area contributed by atoms with Crippen LogP contribution in [-0.2, 0) is 20.8 Å². The molecule has 0 unspecified atom stereocenters. The Morgan fingerprint density at radius 1 is 0.824 bits per heavy atom. The van der Waals surface area contributed by atoms with E-state index in [1.807, 2.05) is 30.3 Å². The molecule has 0 spiro atoms. The van der Waals surface area contributed by atoms with Gasteiger partial charge in [0.2, 0.25) is 0 Å². The van der Waals surface area contributed by atoms with E-state index in [1.54, 1.807) is 42.5 Å². The van der Waals surface area contributed by atoms with Crippen molar-refractivity contribution in [2.75, 3.05) is 20.8 Å². The molecule has 0 saturated heterocycles. The van der Waals surface area contributed by atoms with Gasteiger partial charge < -0.3 is 19.5 Å². The van der Waals surface area contributed by atoms with Crippen molar-refractivity contribution in [3.8, 4) is 23.0 Å². The maximum atomic E-state index is 12.0. The lowest BCUT2D eigenvalue weighted by molar-refractivity contribution is 0.0592. The zero-order valence-electron chi connectivity index (χ0n) is 18.8. The fourth-order valence-corrected chi connectivity index (χ4v) is 3.08. The molecular weight excluding hydrogens is 434 g/mol. The van der Waals surface area contributed by atoms with E-state index >= 15 is 0 Å². The fraction of sp³-hybridized carbons (Fsp3) is 0.148. The Morgan fingerprint density at radius 2 is 1.47 bits per heavy atom. The van der Waals surface area contributed by atoms with Crippen molar-refractivity contribution in [3.05, 3.63) is 95.1 Å². The largest absolute Gasteiger partial charge is 0.465 e. The van der Waals surface area contributed by atoms with E-state index in [0.717, 1.165) is 16.7 Å². The summed E-state index contributed by atoms with van der Waals surface area (Å²) in [4.78, 5) is 35.6. The fourth-order valence-electron chi connectivity index (χ4n) is 3.08. The third-order valence-electron chi connectivity index (χ3n) is 4.81. The quantitative estimate of drug-likeness (QED) is 0.339. The van der Waals surface area contributed by atoms with Crippen molar-refractivity contribution in [2.24, 2.45) is 0 Å². The van der Waals surface area contributed by atoms with Crippen molar-refractivity contribution in [1.29, 1.82) is 0 Å². The van der Waals surface area contributed by atoms with Crippen LogP contribution in [0.5, 0.6) is 0 Å². The van der Waals surface area contributed by atoms with Crippen LogP contribution in [0.2, 0.25) is 0 Å². The van der Waals surface area contributed by atoms with Crippen LogP contribution in [-0.4, -0.2) is 38.8 Å². The summed E-state index contributed by atoms with van der Waals surface area (Å²) in [6.45, 7) is 0.212. The average Bonchev–Trinajstić information content (AvgIpc) is 2.89.